The average molecular weight is 242 g/mol. The highest BCUT2D eigenvalue weighted by molar-refractivity contribution is 5.80. The summed E-state index contributed by atoms with van der Waals surface area (Å²) in [6, 6.07) is 0. The van der Waals surface area contributed by atoms with E-state index in [1.165, 1.54) is 6.08 Å². The molecule has 0 saturated heterocycles. The van der Waals surface area contributed by atoms with Gasteiger partial charge in [0, 0.05) is 32.3 Å². The number of rotatable bonds is 8. The van der Waals surface area contributed by atoms with Crippen LogP contribution >= 0.6 is 0 Å². The van der Waals surface area contributed by atoms with Crippen LogP contribution in [0.5, 0.6) is 0 Å². The molecule has 0 fully saturated rings. The topological polar surface area (TPSA) is 43.8 Å². The Hall–Kier alpha value is -0.870. The van der Waals surface area contributed by atoms with Crippen molar-refractivity contribution in [2.45, 2.75) is 20.8 Å². The molecule has 17 heavy (non-hydrogen) atoms. The SMILES string of the molecule is CC(=CC(=O)O)CN(CCN(C)C)CC(C)C. The predicted octanol–water partition coefficient (Wildman–Crippen LogP) is 1.54. The first-order chi connectivity index (χ1) is 7.81. The molecule has 0 aromatic carbocycles. The second kappa shape index (κ2) is 8.25. The fourth-order valence-electron chi connectivity index (χ4n) is 1.70. The highest BCUT2D eigenvalue weighted by Gasteiger charge is 2.09. The highest BCUT2D eigenvalue weighted by Crippen LogP contribution is 2.03. The van der Waals surface area contributed by atoms with Gasteiger partial charge in [-0.1, -0.05) is 19.4 Å². The van der Waals surface area contributed by atoms with Gasteiger partial charge in [0.05, 0.1) is 0 Å². The zero-order valence-corrected chi connectivity index (χ0v) is 11.7. The first-order valence-corrected chi connectivity index (χ1v) is 6.08. The van der Waals surface area contributed by atoms with Crippen molar-refractivity contribution >= 4 is 5.97 Å². The summed E-state index contributed by atoms with van der Waals surface area (Å²) in [6.45, 7) is 9.93. The van der Waals surface area contributed by atoms with Crippen molar-refractivity contribution in [1.82, 2.24) is 9.80 Å². The van der Waals surface area contributed by atoms with Crippen molar-refractivity contribution < 1.29 is 9.90 Å². The van der Waals surface area contributed by atoms with Gasteiger partial charge in [-0.3, -0.25) is 4.90 Å². The standard InChI is InChI=1S/C13H26N2O2/c1-11(2)9-15(7-6-14(4)5)10-12(3)8-13(16)17/h8,11H,6-7,9-10H2,1-5H3,(H,16,17). The second-order valence-corrected chi connectivity index (χ2v) is 5.26. The number of hydrogen-bond acceptors (Lipinski definition) is 3. The third-order valence-corrected chi connectivity index (χ3v) is 2.33. The van der Waals surface area contributed by atoms with Crippen LogP contribution in [0.3, 0.4) is 0 Å². The van der Waals surface area contributed by atoms with Gasteiger partial charge in [-0.15, -0.1) is 0 Å². The molecule has 0 spiro atoms. The number of carboxylic acid groups (broad SMARTS) is 1. The Bertz CT molecular complexity index is 260. The maximum atomic E-state index is 10.6. The Morgan fingerprint density at radius 1 is 1.29 bits per heavy atom. The third-order valence-electron chi connectivity index (χ3n) is 2.33. The van der Waals surface area contributed by atoms with Crippen LogP contribution in [0.2, 0.25) is 0 Å². The van der Waals surface area contributed by atoms with Crippen LogP contribution in [0.1, 0.15) is 20.8 Å². The number of hydrogen-bond donors (Lipinski definition) is 1. The molecule has 0 rings (SSSR count). The summed E-state index contributed by atoms with van der Waals surface area (Å²) in [6.07, 6.45) is 1.29. The van der Waals surface area contributed by atoms with Crippen molar-refractivity contribution in [2.24, 2.45) is 5.92 Å². The van der Waals surface area contributed by atoms with Gasteiger partial charge in [0.15, 0.2) is 0 Å². The molecule has 0 aliphatic carbocycles. The number of carbonyl (C=O) groups is 1. The fourth-order valence-corrected chi connectivity index (χ4v) is 1.70. The molecule has 1 N–H and O–H groups in total. The van der Waals surface area contributed by atoms with Crippen molar-refractivity contribution in [1.29, 1.82) is 0 Å². The maximum Gasteiger partial charge on any atom is 0.328 e. The summed E-state index contributed by atoms with van der Waals surface area (Å²) < 4.78 is 0. The molecule has 0 bridgehead atoms. The lowest BCUT2D eigenvalue weighted by Gasteiger charge is -2.26. The molecule has 0 aliphatic rings. The van der Waals surface area contributed by atoms with Crippen LogP contribution in [-0.4, -0.2) is 61.2 Å². The van der Waals surface area contributed by atoms with E-state index in [1.54, 1.807) is 0 Å². The molecule has 0 heterocycles. The summed E-state index contributed by atoms with van der Waals surface area (Å²) in [5, 5.41) is 8.69. The monoisotopic (exact) mass is 242 g/mol. The summed E-state index contributed by atoms with van der Waals surface area (Å²) >= 11 is 0. The highest BCUT2D eigenvalue weighted by atomic mass is 16.4. The largest absolute Gasteiger partial charge is 0.478 e. The number of aliphatic carboxylic acids is 1. The lowest BCUT2D eigenvalue weighted by Crippen LogP contribution is -2.35. The quantitative estimate of drug-likeness (QED) is 0.656. The Morgan fingerprint density at radius 2 is 1.88 bits per heavy atom. The van der Waals surface area contributed by atoms with E-state index < -0.39 is 5.97 Å². The Balaban J connectivity index is 4.32. The minimum atomic E-state index is -0.861. The molecule has 0 radical (unpaired) electrons. The predicted molar refractivity (Wildman–Crippen MR) is 71.2 cm³/mol. The van der Waals surface area contributed by atoms with Crippen LogP contribution in [0, 0.1) is 5.92 Å². The summed E-state index contributed by atoms with van der Waals surface area (Å²) in [5.74, 6) is -0.269. The van der Waals surface area contributed by atoms with Crippen molar-refractivity contribution in [3.8, 4) is 0 Å². The summed E-state index contributed by atoms with van der Waals surface area (Å²) in [7, 11) is 4.10. The molecule has 4 nitrogen and oxygen atoms in total. The van der Waals surface area contributed by atoms with Crippen LogP contribution in [0.4, 0.5) is 0 Å². The van der Waals surface area contributed by atoms with E-state index in [1.807, 2.05) is 21.0 Å². The molecule has 4 heteroatoms. The van der Waals surface area contributed by atoms with Gasteiger partial charge >= 0.3 is 5.97 Å². The van der Waals surface area contributed by atoms with E-state index in [2.05, 4.69) is 23.6 Å². The lowest BCUT2D eigenvalue weighted by molar-refractivity contribution is -0.131. The maximum absolute atomic E-state index is 10.6. The molecule has 0 amide bonds. The fraction of sp³-hybridized carbons (Fsp3) is 0.769. The van der Waals surface area contributed by atoms with Crippen molar-refractivity contribution in [3.05, 3.63) is 11.6 Å². The molecule has 0 atom stereocenters. The lowest BCUT2D eigenvalue weighted by atomic mass is 10.2. The van der Waals surface area contributed by atoms with E-state index in [9.17, 15) is 4.79 Å². The molecule has 0 saturated carbocycles. The molecular weight excluding hydrogens is 216 g/mol. The third kappa shape index (κ3) is 10.0. The zero-order chi connectivity index (χ0) is 13.4. The molecule has 0 aliphatic heterocycles. The summed E-state index contributed by atoms with van der Waals surface area (Å²) in [5.41, 5.74) is 0.900. The number of likely N-dealkylation sites (N-methyl/N-ethyl adjacent to an activating group) is 1. The van der Waals surface area contributed by atoms with Crippen molar-refractivity contribution in [3.63, 3.8) is 0 Å². The number of carboxylic acids is 1. The minimum Gasteiger partial charge on any atom is -0.478 e. The Morgan fingerprint density at radius 3 is 2.29 bits per heavy atom. The van der Waals surface area contributed by atoms with Crippen LogP contribution in [-0.2, 0) is 4.79 Å². The average Bonchev–Trinajstić information content (AvgIpc) is 2.11. The van der Waals surface area contributed by atoms with Gasteiger partial charge in [-0.25, -0.2) is 4.79 Å². The molecule has 0 unspecified atom stereocenters. The van der Waals surface area contributed by atoms with Gasteiger partial charge in [0.2, 0.25) is 0 Å². The van der Waals surface area contributed by atoms with E-state index in [0.29, 0.717) is 5.92 Å². The van der Waals surface area contributed by atoms with Gasteiger partial charge in [0.1, 0.15) is 0 Å². The first kappa shape index (κ1) is 16.1. The van der Waals surface area contributed by atoms with Crippen LogP contribution in [0.25, 0.3) is 0 Å². The second-order valence-electron chi connectivity index (χ2n) is 5.26. The number of nitrogens with zero attached hydrogens (tertiary/aromatic N) is 2. The Labute approximate surface area is 105 Å². The van der Waals surface area contributed by atoms with Gasteiger partial charge in [-0.2, -0.15) is 0 Å². The molecule has 0 aromatic rings. The van der Waals surface area contributed by atoms with E-state index in [4.69, 9.17) is 5.11 Å². The Kier molecular flexibility index (Phi) is 7.83. The normalized spacial score (nSPS) is 12.8. The first-order valence-electron chi connectivity index (χ1n) is 6.08. The summed E-state index contributed by atoms with van der Waals surface area (Å²) in [4.78, 5) is 15.0. The van der Waals surface area contributed by atoms with Crippen molar-refractivity contribution in [2.75, 3.05) is 40.3 Å². The molecular formula is C13H26N2O2. The van der Waals surface area contributed by atoms with E-state index in [-0.39, 0.29) is 0 Å². The van der Waals surface area contributed by atoms with E-state index >= 15 is 0 Å². The van der Waals surface area contributed by atoms with Gasteiger partial charge < -0.3 is 10.0 Å². The minimum absolute atomic E-state index is 0.592. The van der Waals surface area contributed by atoms with Crippen LogP contribution < -0.4 is 0 Å². The molecule has 0 aromatic heterocycles. The molecule has 100 valence electrons. The van der Waals surface area contributed by atoms with Gasteiger partial charge in [-0.05, 0) is 26.9 Å². The van der Waals surface area contributed by atoms with Crippen LogP contribution in [0.15, 0.2) is 11.6 Å². The van der Waals surface area contributed by atoms with Gasteiger partial charge in [0.25, 0.3) is 0 Å². The zero-order valence-electron chi connectivity index (χ0n) is 11.7. The van der Waals surface area contributed by atoms with E-state index in [0.717, 1.165) is 31.8 Å². The smallest absolute Gasteiger partial charge is 0.328 e.